The molecule has 0 atom stereocenters. The molecule has 0 spiro atoms. The minimum Gasteiger partial charge on any atom is -0.462 e. The number of hydrogen-bond donors (Lipinski definition) is 0. The smallest absolute Gasteiger partial charge is 0.348 e. The molecule has 0 unspecified atom stereocenters. The molecule has 0 aliphatic rings. The molecular formula is C12H10N2O4. The number of nitro groups is 1. The van der Waals surface area contributed by atoms with Crippen molar-refractivity contribution in [2.75, 3.05) is 6.61 Å². The summed E-state index contributed by atoms with van der Waals surface area (Å²) in [4.78, 5) is 21.4. The highest BCUT2D eigenvalue weighted by molar-refractivity contribution is 5.97. The summed E-state index contributed by atoms with van der Waals surface area (Å²) in [6.07, 6.45) is 1.25. The number of esters is 1. The first kappa shape index (κ1) is 13.4. The van der Waals surface area contributed by atoms with Gasteiger partial charge in [0.25, 0.3) is 5.69 Å². The average molecular weight is 246 g/mol. The number of benzene rings is 1. The van der Waals surface area contributed by atoms with Gasteiger partial charge >= 0.3 is 5.97 Å². The van der Waals surface area contributed by atoms with Crippen molar-refractivity contribution in [3.63, 3.8) is 0 Å². The Morgan fingerprint density at radius 2 is 2.33 bits per heavy atom. The van der Waals surface area contributed by atoms with Crippen LogP contribution in [0.25, 0.3) is 6.08 Å². The fourth-order valence-corrected chi connectivity index (χ4v) is 1.24. The summed E-state index contributed by atoms with van der Waals surface area (Å²) in [6, 6.07) is 7.34. The van der Waals surface area contributed by atoms with E-state index in [1.807, 2.05) is 0 Å². The van der Waals surface area contributed by atoms with Crippen LogP contribution in [0.4, 0.5) is 5.69 Å². The zero-order valence-corrected chi connectivity index (χ0v) is 9.62. The first-order valence-corrected chi connectivity index (χ1v) is 5.12. The summed E-state index contributed by atoms with van der Waals surface area (Å²) in [5, 5.41) is 19.4. The Kier molecular flexibility index (Phi) is 4.58. The van der Waals surface area contributed by atoms with Crippen molar-refractivity contribution in [2.45, 2.75) is 6.92 Å². The van der Waals surface area contributed by atoms with E-state index in [0.717, 1.165) is 0 Å². The highest BCUT2D eigenvalue weighted by atomic mass is 16.6. The van der Waals surface area contributed by atoms with E-state index in [0.29, 0.717) is 5.56 Å². The lowest BCUT2D eigenvalue weighted by molar-refractivity contribution is -0.384. The van der Waals surface area contributed by atoms with E-state index in [2.05, 4.69) is 4.74 Å². The number of nitro benzene ring substituents is 1. The molecule has 0 aromatic heterocycles. The lowest BCUT2D eigenvalue weighted by atomic mass is 10.1. The van der Waals surface area contributed by atoms with Gasteiger partial charge in [-0.2, -0.15) is 5.26 Å². The molecule has 18 heavy (non-hydrogen) atoms. The molecule has 0 saturated heterocycles. The van der Waals surface area contributed by atoms with E-state index in [4.69, 9.17) is 5.26 Å². The van der Waals surface area contributed by atoms with Crippen LogP contribution in [-0.2, 0) is 9.53 Å². The number of nitriles is 1. The third-order valence-corrected chi connectivity index (χ3v) is 2.01. The summed E-state index contributed by atoms with van der Waals surface area (Å²) in [5.74, 6) is -0.744. The first-order chi connectivity index (χ1) is 8.58. The Labute approximate surface area is 103 Å². The Morgan fingerprint density at radius 3 is 2.89 bits per heavy atom. The van der Waals surface area contributed by atoms with Gasteiger partial charge in [-0.1, -0.05) is 12.1 Å². The number of hydrogen-bond acceptors (Lipinski definition) is 5. The van der Waals surface area contributed by atoms with E-state index in [1.54, 1.807) is 19.1 Å². The molecule has 6 nitrogen and oxygen atoms in total. The Balaban J connectivity index is 3.07. The third-order valence-electron chi connectivity index (χ3n) is 2.01. The minimum absolute atomic E-state index is 0.107. The number of non-ortho nitro benzene ring substituents is 1. The van der Waals surface area contributed by atoms with Crippen molar-refractivity contribution in [1.82, 2.24) is 0 Å². The summed E-state index contributed by atoms with van der Waals surface area (Å²) in [7, 11) is 0. The fraction of sp³-hybridized carbons (Fsp3) is 0.167. The van der Waals surface area contributed by atoms with Crippen molar-refractivity contribution in [3.8, 4) is 6.07 Å². The van der Waals surface area contributed by atoms with E-state index >= 15 is 0 Å². The highest BCUT2D eigenvalue weighted by Crippen LogP contribution is 2.16. The minimum atomic E-state index is -0.744. The van der Waals surface area contributed by atoms with Crippen molar-refractivity contribution < 1.29 is 14.5 Å². The quantitative estimate of drug-likeness (QED) is 0.266. The maximum absolute atomic E-state index is 11.4. The molecule has 0 heterocycles. The molecule has 0 bridgehead atoms. The van der Waals surface area contributed by atoms with Crippen LogP contribution in [0.5, 0.6) is 0 Å². The van der Waals surface area contributed by atoms with Gasteiger partial charge in [0.15, 0.2) is 0 Å². The van der Waals surface area contributed by atoms with Gasteiger partial charge in [0, 0.05) is 12.1 Å². The van der Waals surface area contributed by atoms with Crippen LogP contribution in [0.1, 0.15) is 12.5 Å². The maximum atomic E-state index is 11.4. The van der Waals surface area contributed by atoms with Crippen LogP contribution in [-0.4, -0.2) is 17.5 Å². The van der Waals surface area contributed by atoms with Gasteiger partial charge < -0.3 is 4.74 Å². The maximum Gasteiger partial charge on any atom is 0.348 e. The number of carbonyl (C=O) groups is 1. The van der Waals surface area contributed by atoms with Gasteiger partial charge in [-0.3, -0.25) is 10.1 Å². The summed E-state index contributed by atoms with van der Waals surface area (Å²) >= 11 is 0. The first-order valence-electron chi connectivity index (χ1n) is 5.12. The van der Waals surface area contributed by atoms with Gasteiger partial charge in [0.2, 0.25) is 0 Å². The van der Waals surface area contributed by atoms with Gasteiger partial charge in [0.1, 0.15) is 11.6 Å². The van der Waals surface area contributed by atoms with Crippen molar-refractivity contribution >= 4 is 17.7 Å². The SMILES string of the molecule is CCOC(=O)C(C#N)=Cc1cccc([N+](=O)[O-])c1. The van der Waals surface area contributed by atoms with E-state index < -0.39 is 10.9 Å². The number of ether oxygens (including phenoxy) is 1. The normalized spacial score (nSPS) is 10.6. The molecule has 92 valence electrons. The molecule has 0 aliphatic carbocycles. The van der Waals surface area contributed by atoms with Crippen LogP contribution < -0.4 is 0 Å². The van der Waals surface area contributed by atoms with Gasteiger partial charge in [-0.15, -0.1) is 0 Å². The second-order valence-corrected chi connectivity index (χ2v) is 3.24. The molecule has 0 radical (unpaired) electrons. The molecular weight excluding hydrogens is 236 g/mol. The summed E-state index contributed by atoms with van der Waals surface area (Å²) in [6.45, 7) is 1.78. The Hall–Kier alpha value is -2.68. The lowest BCUT2D eigenvalue weighted by Gasteiger charge is -1.99. The second-order valence-electron chi connectivity index (χ2n) is 3.24. The van der Waals surface area contributed by atoms with E-state index in [-0.39, 0.29) is 17.9 Å². The van der Waals surface area contributed by atoms with E-state index in [1.165, 1.54) is 24.3 Å². The van der Waals surface area contributed by atoms with E-state index in [9.17, 15) is 14.9 Å². The number of rotatable bonds is 4. The number of nitrogens with zero attached hydrogens (tertiary/aromatic N) is 2. The number of carbonyl (C=O) groups excluding carboxylic acids is 1. The Morgan fingerprint density at radius 1 is 1.61 bits per heavy atom. The zero-order valence-electron chi connectivity index (χ0n) is 9.62. The standard InChI is InChI=1S/C12H10N2O4/c1-2-18-12(15)10(8-13)6-9-4-3-5-11(7-9)14(16)17/h3-7H,2H2,1H3. The monoisotopic (exact) mass is 246 g/mol. The topological polar surface area (TPSA) is 93.2 Å². The molecule has 6 heteroatoms. The van der Waals surface area contributed by atoms with Gasteiger partial charge in [-0.25, -0.2) is 4.79 Å². The summed E-state index contributed by atoms with van der Waals surface area (Å²) in [5.41, 5.74) is 0.0936. The molecule has 0 fully saturated rings. The predicted octanol–water partition coefficient (Wildman–Crippen LogP) is 2.06. The molecule has 0 saturated carbocycles. The van der Waals surface area contributed by atoms with Gasteiger partial charge in [0.05, 0.1) is 11.5 Å². The van der Waals surface area contributed by atoms with Crippen molar-refractivity contribution in [2.24, 2.45) is 0 Å². The van der Waals surface area contributed by atoms with Gasteiger partial charge in [-0.05, 0) is 18.6 Å². The van der Waals surface area contributed by atoms with Crippen LogP contribution in [0.3, 0.4) is 0 Å². The fourth-order valence-electron chi connectivity index (χ4n) is 1.24. The van der Waals surface area contributed by atoms with Crippen LogP contribution in [0.15, 0.2) is 29.8 Å². The lowest BCUT2D eigenvalue weighted by Crippen LogP contribution is -2.06. The van der Waals surface area contributed by atoms with Crippen molar-refractivity contribution in [1.29, 1.82) is 5.26 Å². The average Bonchev–Trinajstić information content (AvgIpc) is 2.36. The van der Waals surface area contributed by atoms with Crippen molar-refractivity contribution in [3.05, 3.63) is 45.5 Å². The second kappa shape index (κ2) is 6.15. The largest absolute Gasteiger partial charge is 0.462 e. The molecule has 0 amide bonds. The molecule has 0 N–H and O–H groups in total. The summed E-state index contributed by atoms with van der Waals surface area (Å²) < 4.78 is 4.68. The molecule has 1 aromatic rings. The molecule has 0 aliphatic heterocycles. The Bertz CT molecular complexity index is 543. The van der Waals surface area contributed by atoms with Crippen LogP contribution in [0.2, 0.25) is 0 Å². The highest BCUT2D eigenvalue weighted by Gasteiger charge is 2.11. The molecule has 1 rings (SSSR count). The molecule has 1 aromatic carbocycles. The van der Waals surface area contributed by atoms with Crippen LogP contribution >= 0.6 is 0 Å². The van der Waals surface area contributed by atoms with Crippen LogP contribution in [0, 0.1) is 21.4 Å². The third kappa shape index (κ3) is 3.42. The zero-order chi connectivity index (χ0) is 13.5. The predicted molar refractivity (Wildman–Crippen MR) is 63.3 cm³/mol.